The summed E-state index contributed by atoms with van der Waals surface area (Å²) in [4.78, 5) is 12.1. The third kappa shape index (κ3) is 2.25. The van der Waals surface area contributed by atoms with E-state index in [1.165, 1.54) is 0 Å². The SMILES string of the molecule is Cc1ccc(C(=O)Nc2cc3c(cc2N)OCO3)cc1. The van der Waals surface area contributed by atoms with Gasteiger partial charge < -0.3 is 20.5 Å². The second-order valence-corrected chi connectivity index (χ2v) is 4.61. The number of anilines is 2. The van der Waals surface area contributed by atoms with E-state index in [1.54, 1.807) is 24.3 Å². The zero-order valence-electron chi connectivity index (χ0n) is 11.0. The first-order chi connectivity index (χ1) is 9.63. The number of amides is 1. The van der Waals surface area contributed by atoms with Crippen LogP contribution < -0.4 is 20.5 Å². The number of carbonyl (C=O) groups excluding carboxylic acids is 1. The molecule has 0 bridgehead atoms. The highest BCUT2D eigenvalue weighted by molar-refractivity contribution is 6.06. The number of carbonyl (C=O) groups is 1. The number of fused-ring (bicyclic) bond motifs is 1. The van der Waals surface area contributed by atoms with Gasteiger partial charge in [-0.1, -0.05) is 17.7 Å². The van der Waals surface area contributed by atoms with Crippen LogP contribution in [0, 0.1) is 6.92 Å². The van der Waals surface area contributed by atoms with E-state index in [0.717, 1.165) is 5.56 Å². The van der Waals surface area contributed by atoms with Crippen molar-refractivity contribution < 1.29 is 14.3 Å². The maximum Gasteiger partial charge on any atom is 0.255 e. The van der Waals surface area contributed by atoms with Gasteiger partial charge in [0.05, 0.1) is 11.4 Å². The minimum absolute atomic E-state index is 0.171. The van der Waals surface area contributed by atoms with Crippen LogP contribution in [-0.4, -0.2) is 12.7 Å². The van der Waals surface area contributed by atoms with Crippen LogP contribution in [0.4, 0.5) is 11.4 Å². The van der Waals surface area contributed by atoms with Crippen molar-refractivity contribution in [1.29, 1.82) is 0 Å². The number of nitrogens with one attached hydrogen (secondary N) is 1. The van der Waals surface area contributed by atoms with E-state index in [2.05, 4.69) is 5.32 Å². The highest BCUT2D eigenvalue weighted by Crippen LogP contribution is 2.38. The fraction of sp³-hybridized carbons (Fsp3) is 0.133. The van der Waals surface area contributed by atoms with Crippen LogP contribution in [0.3, 0.4) is 0 Å². The summed E-state index contributed by atoms with van der Waals surface area (Å²) >= 11 is 0. The number of hydrogen-bond acceptors (Lipinski definition) is 4. The molecule has 5 heteroatoms. The van der Waals surface area contributed by atoms with E-state index in [0.29, 0.717) is 28.4 Å². The zero-order chi connectivity index (χ0) is 14.1. The molecule has 0 atom stereocenters. The molecule has 20 heavy (non-hydrogen) atoms. The zero-order valence-corrected chi connectivity index (χ0v) is 11.0. The maximum absolute atomic E-state index is 12.1. The molecular weight excluding hydrogens is 256 g/mol. The van der Waals surface area contributed by atoms with Gasteiger partial charge in [-0.15, -0.1) is 0 Å². The first kappa shape index (κ1) is 12.3. The number of nitrogens with two attached hydrogens (primary N) is 1. The number of benzene rings is 2. The lowest BCUT2D eigenvalue weighted by Crippen LogP contribution is -2.13. The molecule has 2 aromatic carbocycles. The standard InChI is InChI=1S/C15H14N2O3/c1-9-2-4-10(5-3-9)15(18)17-12-7-14-13(6-11(12)16)19-8-20-14/h2-7H,8,16H2,1H3,(H,17,18). The molecule has 0 unspecified atom stereocenters. The summed E-state index contributed by atoms with van der Waals surface area (Å²) in [5.74, 6) is 0.963. The van der Waals surface area contributed by atoms with Crippen LogP contribution in [0.1, 0.15) is 15.9 Å². The smallest absolute Gasteiger partial charge is 0.255 e. The molecule has 0 fully saturated rings. The van der Waals surface area contributed by atoms with Crippen molar-refractivity contribution in [2.45, 2.75) is 6.92 Å². The Balaban J connectivity index is 1.84. The average molecular weight is 270 g/mol. The van der Waals surface area contributed by atoms with Gasteiger partial charge >= 0.3 is 0 Å². The van der Waals surface area contributed by atoms with Gasteiger partial charge in [0.2, 0.25) is 6.79 Å². The molecule has 5 nitrogen and oxygen atoms in total. The van der Waals surface area contributed by atoms with E-state index in [9.17, 15) is 4.79 Å². The second kappa shape index (κ2) is 4.77. The molecule has 102 valence electrons. The summed E-state index contributed by atoms with van der Waals surface area (Å²) in [6, 6.07) is 10.6. The Morgan fingerprint density at radius 2 is 1.80 bits per heavy atom. The van der Waals surface area contributed by atoms with Gasteiger partial charge in [-0.3, -0.25) is 4.79 Å². The number of hydrogen-bond donors (Lipinski definition) is 2. The highest BCUT2D eigenvalue weighted by atomic mass is 16.7. The molecule has 1 heterocycles. The predicted octanol–water partition coefficient (Wildman–Crippen LogP) is 2.56. The topological polar surface area (TPSA) is 73.6 Å². The average Bonchev–Trinajstić information content (AvgIpc) is 2.87. The van der Waals surface area contributed by atoms with Crippen LogP contribution in [0.15, 0.2) is 36.4 Å². The van der Waals surface area contributed by atoms with Gasteiger partial charge in [0.15, 0.2) is 11.5 Å². The Hall–Kier alpha value is -2.69. The number of aryl methyl sites for hydroxylation is 1. The summed E-state index contributed by atoms with van der Waals surface area (Å²) < 4.78 is 10.5. The van der Waals surface area contributed by atoms with Gasteiger partial charge in [0.25, 0.3) is 5.91 Å². The van der Waals surface area contributed by atoms with Gasteiger partial charge in [-0.2, -0.15) is 0 Å². The second-order valence-electron chi connectivity index (χ2n) is 4.61. The monoisotopic (exact) mass is 270 g/mol. The quantitative estimate of drug-likeness (QED) is 0.822. The molecule has 3 N–H and O–H groups in total. The molecule has 2 aromatic rings. The van der Waals surface area contributed by atoms with Crippen molar-refractivity contribution >= 4 is 17.3 Å². The lowest BCUT2D eigenvalue weighted by molar-refractivity contribution is 0.102. The molecule has 1 aliphatic heterocycles. The summed E-state index contributed by atoms with van der Waals surface area (Å²) in [6.45, 7) is 2.14. The lowest BCUT2D eigenvalue weighted by Gasteiger charge is -2.09. The largest absolute Gasteiger partial charge is 0.454 e. The Morgan fingerprint density at radius 1 is 1.15 bits per heavy atom. The van der Waals surface area contributed by atoms with Crippen LogP contribution in [0.25, 0.3) is 0 Å². The molecule has 0 saturated carbocycles. The molecule has 0 aromatic heterocycles. The first-order valence-electron chi connectivity index (χ1n) is 6.20. The van der Waals surface area contributed by atoms with Crippen molar-refractivity contribution in [2.24, 2.45) is 0 Å². The number of rotatable bonds is 2. The molecule has 3 rings (SSSR count). The van der Waals surface area contributed by atoms with Crippen LogP contribution in [0.5, 0.6) is 11.5 Å². The summed E-state index contributed by atoms with van der Waals surface area (Å²) in [5.41, 5.74) is 8.52. The minimum atomic E-state index is -0.212. The maximum atomic E-state index is 12.1. The summed E-state index contributed by atoms with van der Waals surface area (Å²) in [5, 5.41) is 2.78. The van der Waals surface area contributed by atoms with Gasteiger partial charge in [-0.05, 0) is 19.1 Å². The van der Waals surface area contributed by atoms with E-state index < -0.39 is 0 Å². The molecule has 1 aliphatic rings. The Morgan fingerprint density at radius 3 is 2.50 bits per heavy atom. The highest BCUT2D eigenvalue weighted by Gasteiger charge is 2.17. The summed E-state index contributed by atoms with van der Waals surface area (Å²) in [7, 11) is 0. The predicted molar refractivity (Wildman–Crippen MR) is 76.1 cm³/mol. The first-order valence-corrected chi connectivity index (χ1v) is 6.20. The van der Waals surface area contributed by atoms with Crippen LogP contribution >= 0.6 is 0 Å². The van der Waals surface area contributed by atoms with E-state index in [-0.39, 0.29) is 12.7 Å². The molecule has 0 radical (unpaired) electrons. The Bertz CT molecular complexity index is 666. The number of ether oxygens (including phenoxy) is 2. The van der Waals surface area contributed by atoms with E-state index >= 15 is 0 Å². The Labute approximate surface area is 116 Å². The van der Waals surface area contributed by atoms with Crippen molar-refractivity contribution in [2.75, 3.05) is 17.8 Å². The Kier molecular flexibility index (Phi) is 2.95. The third-order valence-corrected chi connectivity index (χ3v) is 3.11. The van der Waals surface area contributed by atoms with Gasteiger partial charge in [0, 0.05) is 17.7 Å². The van der Waals surface area contributed by atoms with Gasteiger partial charge in [-0.25, -0.2) is 0 Å². The fourth-order valence-corrected chi connectivity index (χ4v) is 1.97. The molecule has 0 spiro atoms. The van der Waals surface area contributed by atoms with Crippen molar-refractivity contribution in [1.82, 2.24) is 0 Å². The van der Waals surface area contributed by atoms with Crippen molar-refractivity contribution in [3.05, 3.63) is 47.5 Å². The third-order valence-electron chi connectivity index (χ3n) is 3.11. The van der Waals surface area contributed by atoms with E-state index in [1.807, 2.05) is 19.1 Å². The summed E-state index contributed by atoms with van der Waals surface area (Å²) in [6.07, 6.45) is 0. The normalized spacial score (nSPS) is 12.2. The molecular formula is C15H14N2O3. The fourth-order valence-electron chi connectivity index (χ4n) is 1.97. The van der Waals surface area contributed by atoms with Gasteiger partial charge in [0.1, 0.15) is 0 Å². The van der Waals surface area contributed by atoms with Crippen LogP contribution in [-0.2, 0) is 0 Å². The van der Waals surface area contributed by atoms with E-state index in [4.69, 9.17) is 15.2 Å². The molecule has 0 saturated heterocycles. The minimum Gasteiger partial charge on any atom is -0.454 e. The molecule has 0 aliphatic carbocycles. The van der Waals surface area contributed by atoms with Crippen molar-refractivity contribution in [3.8, 4) is 11.5 Å². The lowest BCUT2D eigenvalue weighted by atomic mass is 10.1. The number of nitrogen functional groups attached to an aromatic ring is 1. The van der Waals surface area contributed by atoms with Crippen LogP contribution in [0.2, 0.25) is 0 Å². The molecule has 1 amide bonds. The van der Waals surface area contributed by atoms with Crippen molar-refractivity contribution in [3.63, 3.8) is 0 Å².